The molecular formula is C15H17N3O. The van der Waals surface area contributed by atoms with E-state index in [9.17, 15) is 4.79 Å². The first-order chi connectivity index (χ1) is 9.25. The first-order valence-corrected chi connectivity index (χ1v) is 6.45. The quantitative estimate of drug-likeness (QED) is 0.876. The second-order valence-corrected chi connectivity index (χ2v) is 4.89. The number of rotatable bonds is 3. The first kappa shape index (κ1) is 12.0. The fourth-order valence-corrected chi connectivity index (χ4v) is 2.56. The van der Waals surface area contributed by atoms with Crippen molar-refractivity contribution in [2.75, 3.05) is 7.05 Å². The average Bonchev–Trinajstić information content (AvgIpc) is 3.04. The first-order valence-electron chi connectivity index (χ1n) is 6.45. The normalized spacial score (nSPS) is 23.0. The molecule has 2 heterocycles. The van der Waals surface area contributed by atoms with Crippen LogP contribution in [0.25, 0.3) is 0 Å². The number of carbonyl (C=O) groups is 1. The highest BCUT2D eigenvalue weighted by atomic mass is 16.2. The second kappa shape index (κ2) is 4.90. The minimum absolute atomic E-state index is 0.0591. The summed E-state index contributed by atoms with van der Waals surface area (Å²) >= 11 is 0. The van der Waals surface area contributed by atoms with E-state index in [4.69, 9.17) is 0 Å². The Morgan fingerprint density at radius 3 is 2.63 bits per heavy atom. The summed E-state index contributed by atoms with van der Waals surface area (Å²) in [5.41, 5.74) is 2.19. The summed E-state index contributed by atoms with van der Waals surface area (Å²) in [5.74, 6) is 0.142. The molecule has 2 aromatic rings. The molecule has 1 amide bonds. The molecular weight excluding hydrogens is 238 g/mol. The number of likely N-dealkylation sites (N-methyl/N-ethyl adjacent to an activating group) is 1. The van der Waals surface area contributed by atoms with E-state index in [0.717, 1.165) is 12.1 Å². The SMILES string of the molecule is CN1C(=O)[C@H](Cc2ccccc2)NC1c1ccc[nH]1. The van der Waals surface area contributed by atoms with Gasteiger partial charge in [-0.15, -0.1) is 0 Å². The topological polar surface area (TPSA) is 48.1 Å². The van der Waals surface area contributed by atoms with E-state index in [1.807, 2.05) is 43.6 Å². The lowest BCUT2D eigenvalue weighted by molar-refractivity contribution is -0.128. The van der Waals surface area contributed by atoms with E-state index < -0.39 is 0 Å². The molecule has 1 aromatic heterocycles. The van der Waals surface area contributed by atoms with Crippen LogP contribution in [0.2, 0.25) is 0 Å². The standard InChI is InChI=1S/C15H17N3O/c1-18-14(12-8-5-9-16-12)17-13(15(18)19)10-11-6-3-2-4-7-11/h2-9,13-14,16-17H,10H2,1H3/t13-,14?/m0/s1. The maximum atomic E-state index is 12.3. The smallest absolute Gasteiger partial charge is 0.241 e. The number of aromatic nitrogens is 1. The van der Waals surface area contributed by atoms with Gasteiger partial charge in [0.05, 0.1) is 11.7 Å². The number of carbonyl (C=O) groups excluding carboxylic acids is 1. The van der Waals surface area contributed by atoms with Crippen molar-refractivity contribution in [1.29, 1.82) is 0 Å². The zero-order valence-electron chi connectivity index (χ0n) is 10.8. The lowest BCUT2D eigenvalue weighted by atomic mass is 10.1. The highest BCUT2D eigenvalue weighted by molar-refractivity contribution is 5.84. The van der Waals surface area contributed by atoms with Crippen LogP contribution in [0, 0.1) is 0 Å². The van der Waals surface area contributed by atoms with E-state index in [-0.39, 0.29) is 18.1 Å². The van der Waals surface area contributed by atoms with Gasteiger partial charge in [-0.05, 0) is 24.1 Å². The molecule has 0 radical (unpaired) electrons. The minimum atomic E-state index is -0.152. The number of nitrogens with zero attached hydrogens (tertiary/aromatic N) is 1. The number of aromatic amines is 1. The molecule has 1 fully saturated rings. The average molecular weight is 255 g/mol. The van der Waals surface area contributed by atoms with Crippen LogP contribution in [0.3, 0.4) is 0 Å². The Hall–Kier alpha value is -2.07. The van der Waals surface area contributed by atoms with Crippen LogP contribution in [-0.2, 0) is 11.2 Å². The molecule has 19 heavy (non-hydrogen) atoms. The van der Waals surface area contributed by atoms with Crippen molar-refractivity contribution in [2.45, 2.75) is 18.6 Å². The molecule has 0 saturated carbocycles. The van der Waals surface area contributed by atoms with E-state index in [2.05, 4.69) is 22.4 Å². The maximum absolute atomic E-state index is 12.3. The summed E-state index contributed by atoms with van der Waals surface area (Å²) in [4.78, 5) is 17.2. The molecule has 1 saturated heterocycles. The van der Waals surface area contributed by atoms with Crippen LogP contribution >= 0.6 is 0 Å². The van der Waals surface area contributed by atoms with Gasteiger partial charge in [-0.1, -0.05) is 30.3 Å². The van der Waals surface area contributed by atoms with Crippen molar-refractivity contribution in [3.8, 4) is 0 Å². The number of H-pyrrole nitrogens is 1. The number of nitrogens with one attached hydrogen (secondary N) is 2. The molecule has 1 aliphatic rings. The molecule has 0 bridgehead atoms. The second-order valence-electron chi connectivity index (χ2n) is 4.89. The van der Waals surface area contributed by atoms with Gasteiger partial charge in [0.15, 0.2) is 0 Å². The molecule has 3 rings (SSSR count). The maximum Gasteiger partial charge on any atom is 0.241 e. The van der Waals surface area contributed by atoms with E-state index >= 15 is 0 Å². The highest BCUT2D eigenvalue weighted by Crippen LogP contribution is 2.23. The van der Waals surface area contributed by atoms with Gasteiger partial charge < -0.3 is 9.88 Å². The number of benzene rings is 1. The summed E-state index contributed by atoms with van der Waals surface area (Å²) < 4.78 is 0. The van der Waals surface area contributed by atoms with Crippen LogP contribution in [-0.4, -0.2) is 28.9 Å². The number of amides is 1. The van der Waals surface area contributed by atoms with Gasteiger partial charge in [0.1, 0.15) is 6.17 Å². The van der Waals surface area contributed by atoms with Gasteiger partial charge in [-0.25, -0.2) is 0 Å². The van der Waals surface area contributed by atoms with Crippen LogP contribution in [0.1, 0.15) is 17.4 Å². The fourth-order valence-electron chi connectivity index (χ4n) is 2.56. The largest absolute Gasteiger partial charge is 0.362 e. The Morgan fingerprint density at radius 2 is 1.95 bits per heavy atom. The third-order valence-corrected chi connectivity index (χ3v) is 3.59. The van der Waals surface area contributed by atoms with Gasteiger partial charge in [0.2, 0.25) is 5.91 Å². The summed E-state index contributed by atoms with van der Waals surface area (Å²) in [5, 5.41) is 3.39. The van der Waals surface area contributed by atoms with Crippen molar-refractivity contribution < 1.29 is 4.79 Å². The van der Waals surface area contributed by atoms with Crippen molar-refractivity contribution in [3.05, 3.63) is 59.9 Å². The Bertz CT molecular complexity index is 550. The number of hydrogen-bond donors (Lipinski definition) is 2. The Labute approximate surface area is 112 Å². The predicted octanol–water partition coefficient (Wildman–Crippen LogP) is 1.69. The molecule has 0 aliphatic carbocycles. The van der Waals surface area contributed by atoms with Gasteiger partial charge in [-0.3, -0.25) is 10.1 Å². The Morgan fingerprint density at radius 1 is 1.16 bits per heavy atom. The molecule has 1 aromatic carbocycles. The predicted molar refractivity (Wildman–Crippen MR) is 73.4 cm³/mol. The van der Waals surface area contributed by atoms with Crippen LogP contribution in [0.5, 0.6) is 0 Å². The van der Waals surface area contributed by atoms with Gasteiger partial charge in [-0.2, -0.15) is 0 Å². The Balaban J connectivity index is 1.76. The summed E-state index contributed by atoms with van der Waals surface area (Å²) in [7, 11) is 1.84. The summed E-state index contributed by atoms with van der Waals surface area (Å²) in [6.07, 6.45) is 2.54. The number of hydrogen-bond acceptors (Lipinski definition) is 2. The zero-order valence-corrected chi connectivity index (χ0v) is 10.8. The minimum Gasteiger partial charge on any atom is -0.362 e. The van der Waals surface area contributed by atoms with Crippen molar-refractivity contribution in [2.24, 2.45) is 0 Å². The molecule has 4 heteroatoms. The summed E-state index contributed by atoms with van der Waals surface area (Å²) in [6, 6.07) is 13.9. The third-order valence-electron chi connectivity index (χ3n) is 3.59. The summed E-state index contributed by atoms with van der Waals surface area (Å²) in [6.45, 7) is 0. The van der Waals surface area contributed by atoms with Crippen LogP contribution < -0.4 is 5.32 Å². The molecule has 0 spiro atoms. The van der Waals surface area contributed by atoms with Crippen LogP contribution in [0.4, 0.5) is 0 Å². The van der Waals surface area contributed by atoms with E-state index in [1.54, 1.807) is 4.90 Å². The third kappa shape index (κ3) is 2.27. The monoisotopic (exact) mass is 255 g/mol. The lowest BCUT2D eigenvalue weighted by Gasteiger charge is -2.17. The van der Waals surface area contributed by atoms with Crippen molar-refractivity contribution >= 4 is 5.91 Å². The van der Waals surface area contributed by atoms with Gasteiger partial charge in [0.25, 0.3) is 0 Å². The molecule has 2 atom stereocenters. The van der Waals surface area contributed by atoms with E-state index in [1.165, 1.54) is 5.56 Å². The van der Waals surface area contributed by atoms with Crippen molar-refractivity contribution in [1.82, 2.24) is 15.2 Å². The van der Waals surface area contributed by atoms with Crippen molar-refractivity contribution in [3.63, 3.8) is 0 Å². The molecule has 4 nitrogen and oxygen atoms in total. The van der Waals surface area contributed by atoms with E-state index in [0.29, 0.717) is 0 Å². The zero-order chi connectivity index (χ0) is 13.2. The fraction of sp³-hybridized carbons (Fsp3) is 0.267. The molecule has 2 N–H and O–H groups in total. The molecule has 98 valence electrons. The van der Waals surface area contributed by atoms with Gasteiger partial charge >= 0.3 is 0 Å². The molecule has 1 unspecified atom stereocenters. The van der Waals surface area contributed by atoms with Crippen LogP contribution in [0.15, 0.2) is 48.7 Å². The van der Waals surface area contributed by atoms with Gasteiger partial charge in [0, 0.05) is 13.2 Å². The highest BCUT2D eigenvalue weighted by Gasteiger charge is 2.37. The lowest BCUT2D eigenvalue weighted by Crippen LogP contribution is -2.31. The Kier molecular flexibility index (Phi) is 3.09. The molecule has 1 aliphatic heterocycles.